The zero-order chi connectivity index (χ0) is 20.4. The second-order valence-electron chi connectivity index (χ2n) is 7.65. The lowest BCUT2D eigenvalue weighted by molar-refractivity contribution is -0.125. The predicted molar refractivity (Wildman–Crippen MR) is 109 cm³/mol. The van der Waals surface area contributed by atoms with E-state index in [-0.39, 0.29) is 18.9 Å². The molecule has 2 aromatic rings. The van der Waals surface area contributed by atoms with Gasteiger partial charge in [0, 0.05) is 6.54 Å². The summed E-state index contributed by atoms with van der Waals surface area (Å²) in [7, 11) is 0. The second kappa shape index (κ2) is 10.6. The predicted octanol–water partition coefficient (Wildman–Crippen LogP) is 4.25. The molecular formula is C23H29NO4. The van der Waals surface area contributed by atoms with E-state index < -0.39 is 11.7 Å². The molecule has 0 saturated carbocycles. The van der Waals surface area contributed by atoms with Gasteiger partial charge in [-0.1, -0.05) is 60.7 Å². The van der Waals surface area contributed by atoms with Crippen LogP contribution < -0.4 is 0 Å². The van der Waals surface area contributed by atoms with E-state index in [4.69, 9.17) is 9.47 Å². The quantitative estimate of drug-likeness (QED) is 0.649. The van der Waals surface area contributed by atoms with E-state index in [1.807, 2.05) is 81.4 Å². The Hall–Kier alpha value is -2.66. The van der Waals surface area contributed by atoms with Gasteiger partial charge in [0.15, 0.2) is 5.78 Å². The number of carbonyl (C=O) groups excluding carboxylic acids is 2. The number of rotatable bonds is 9. The Kier molecular flexibility index (Phi) is 8.20. The van der Waals surface area contributed by atoms with E-state index in [0.717, 1.165) is 11.1 Å². The molecule has 2 aromatic carbocycles. The van der Waals surface area contributed by atoms with Crippen LogP contribution in [0.1, 0.15) is 31.9 Å². The van der Waals surface area contributed by atoms with Gasteiger partial charge in [0.05, 0.1) is 13.2 Å². The van der Waals surface area contributed by atoms with Gasteiger partial charge < -0.3 is 14.4 Å². The molecule has 0 unspecified atom stereocenters. The molecule has 28 heavy (non-hydrogen) atoms. The molecule has 0 atom stereocenters. The first-order chi connectivity index (χ1) is 13.3. The number of nitrogens with zero attached hydrogens (tertiary/aromatic N) is 1. The number of carbonyl (C=O) groups is 2. The Bertz CT molecular complexity index is 738. The summed E-state index contributed by atoms with van der Waals surface area (Å²) in [5.74, 6) is -0.158. The summed E-state index contributed by atoms with van der Waals surface area (Å²) < 4.78 is 11.0. The summed E-state index contributed by atoms with van der Waals surface area (Å²) in [6, 6.07) is 19.5. The number of ketones is 1. The minimum atomic E-state index is -0.616. The molecule has 150 valence electrons. The fraction of sp³-hybridized carbons (Fsp3) is 0.391. The third-order valence-corrected chi connectivity index (χ3v) is 3.91. The van der Waals surface area contributed by atoms with Crippen molar-refractivity contribution in [3.05, 3.63) is 71.8 Å². The van der Waals surface area contributed by atoms with Crippen LogP contribution in [-0.4, -0.2) is 42.1 Å². The topological polar surface area (TPSA) is 55.8 Å². The highest BCUT2D eigenvalue weighted by Gasteiger charge is 2.23. The summed E-state index contributed by atoms with van der Waals surface area (Å²) in [4.78, 5) is 26.3. The fourth-order valence-corrected chi connectivity index (χ4v) is 2.59. The van der Waals surface area contributed by atoms with Crippen molar-refractivity contribution in [3.63, 3.8) is 0 Å². The maximum absolute atomic E-state index is 12.5. The molecular weight excluding hydrogens is 354 g/mol. The number of Topliss-reactive ketones (excluding diaryl/α,β-unsaturated/α-hetero) is 1. The molecule has 0 saturated heterocycles. The molecule has 5 heteroatoms. The third kappa shape index (κ3) is 8.35. The molecule has 0 heterocycles. The normalized spacial score (nSPS) is 11.1. The van der Waals surface area contributed by atoms with Gasteiger partial charge in [-0.3, -0.25) is 4.79 Å². The molecule has 0 aliphatic heterocycles. The van der Waals surface area contributed by atoms with E-state index in [1.165, 1.54) is 4.90 Å². The van der Waals surface area contributed by atoms with Crippen LogP contribution in [0.5, 0.6) is 0 Å². The van der Waals surface area contributed by atoms with Gasteiger partial charge in [0.1, 0.15) is 12.2 Å². The first-order valence-electron chi connectivity index (χ1n) is 9.49. The number of ether oxygens (including phenoxy) is 2. The van der Waals surface area contributed by atoms with Gasteiger partial charge in [-0.05, 0) is 38.3 Å². The highest BCUT2D eigenvalue weighted by Crippen LogP contribution is 2.11. The average Bonchev–Trinajstić information content (AvgIpc) is 2.65. The molecule has 1 amide bonds. The van der Waals surface area contributed by atoms with Crippen molar-refractivity contribution in [2.24, 2.45) is 0 Å². The summed E-state index contributed by atoms with van der Waals surface area (Å²) in [6.45, 7) is 6.13. The van der Waals surface area contributed by atoms with Gasteiger partial charge in [-0.2, -0.15) is 0 Å². The summed E-state index contributed by atoms with van der Waals surface area (Å²) in [6.07, 6.45) is 0.165. The Labute approximate surface area is 167 Å². The molecule has 0 aromatic heterocycles. The van der Waals surface area contributed by atoms with Crippen LogP contribution in [0.3, 0.4) is 0 Å². The first kappa shape index (κ1) is 21.6. The van der Waals surface area contributed by atoms with Gasteiger partial charge in [-0.15, -0.1) is 0 Å². The van der Waals surface area contributed by atoms with E-state index in [1.54, 1.807) is 0 Å². The lowest BCUT2D eigenvalue weighted by atomic mass is 10.1. The maximum atomic E-state index is 12.5. The van der Waals surface area contributed by atoms with Gasteiger partial charge >= 0.3 is 6.09 Å². The minimum absolute atomic E-state index is 0.0312. The fourth-order valence-electron chi connectivity index (χ4n) is 2.59. The third-order valence-electron chi connectivity index (χ3n) is 3.91. The molecule has 0 fully saturated rings. The van der Waals surface area contributed by atoms with Crippen LogP contribution in [-0.2, 0) is 27.3 Å². The first-order valence-corrected chi connectivity index (χ1v) is 9.49. The van der Waals surface area contributed by atoms with Crippen LogP contribution in [0.15, 0.2) is 60.7 Å². The van der Waals surface area contributed by atoms with Crippen molar-refractivity contribution in [1.82, 2.24) is 4.90 Å². The molecule has 0 N–H and O–H groups in total. The molecule has 0 aliphatic carbocycles. The molecule has 0 aliphatic rings. The zero-order valence-electron chi connectivity index (χ0n) is 16.9. The Morgan fingerprint density at radius 3 is 2.04 bits per heavy atom. The Morgan fingerprint density at radius 2 is 1.46 bits per heavy atom. The number of amides is 1. The summed E-state index contributed by atoms with van der Waals surface area (Å²) >= 11 is 0. The van der Waals surface area contributed by atoms with E-state index in [9.17, 15) is 9.59 Å². The van der Waals surface area contributed by atoms with E-state index in [2.05, 4.69) is 0 Å². The van der Waals surface area contributed by atoms with Crippen molar-refractivity contribution in [3.8, 4) is 0 Å². The lowest BCUT2D eigenvalue weighted by Gasteiger charge is -2.27. The Morgan fingerprint density at radius 1 is 0.893 bits per heavy atom. The van der Waals surface area contributed by atoms with Crippen LogP contribution >= 0.6 is 0 Å². The maximum Gasteiger partial charge on any atom is 0.410 e. The Balaban J connectivity index is 1.89. The number of hydrogen-bond acceptors (Lipinski definition) is 4. The SMILES string of the molecule is CC(C)(C)OC(=O)N(CCc1ccccc1)CC(=O)COCc1ccccc1. The van der Waals surface area contributed by atoms with Gasteiger partial charge in [0.25, 0.3) is 0 Å². The molecule has 2 rings (SSSR count). The highest BCUT2D eigenvalue weighted by atomic mass is 16.6. The van der Waals surface area contributed by atoms with Crippen molar-refractivity contribution < 1.29 is 19.1 Å². The highest BCUT2D eigenvalue weighted by molar-refractivity contribution is 5.85. The average molecular weight is 383 g/mol. The van der Waals surface area contributed by atoms with Crippen molar-refractivity contribution >= 4 is 11.9 Å². The molecule has 0 bridgehead atoms. The molecule has 0 radical (unpaired) electrons. The number of benzene rings is 2. The zero-order valence-corrected chi connectivity index (χ0v) is 16.9. The van der Waals surface area contributed by atoms with Crippen molar-refractivity contribution in [1.29, 1.82) is 0 Å². The smallest absolute Gasteiger partial charge is 0.410 e. The van der Waals surface area contributed by atoms with Gasteiger partial charge in [0.2, 0.25) is 0 Å². The van der Waals surface area contributed by atoms with E-state index >= 15 is 0 Å². The lowest BCUT2D eigenvalue weighted by Crippen LogP contribution is -2.41. The number of hydrogen-bond donors (Lipinski definition) is 0. The van der Waals surface area contributed by atoms with Crippen LogP contribution in [0.2, 0.25) is 0 Å². The van der Waals surface area contributed by atoms with Gasteiger partial charge in [-0.25, -0.2) is 4.79 Å². The monoisotopic (exact) mass is 383 g/mol. The van der Waals surface area contributed by atoms with Crippen LogP contribution in [0, 0.1) is 0 Å². The second-order valence-corrected chi connectivity index (χ2v) is 7.65. The standard InChI is InChI=1S/C23H29NO4/c1-23(2,3)28-22(26)24(15-14-19-10-6-4-7-11-19)16-21(25)18-27-17-20-12-8-5-9-13-20/h4-13H,14-18H2,1-3H3. The molecule has 5 nitrogen and oxygen atoms in total. The van der Waals surface area contributed by atoms with E-state index in [0.29, 0.717) is 19.6 Å². The largest absolute Gasteiger partial charge is 0.444 e. The summed E-state index contributed by atoms with van der Waals surface area (Å²) in [5.41, 5.74) is 1.49. The summed E-state index contributed by atoms with van der Waals surface area (Å²) in [5, 5.41) is 0. The van der Waals surface area contributed by atoms with Crippen LogP contribution in [0.4, 0.5) is 4.79 Å². The minimum Gasteiger partial charge on any atom is -0.444 e. The van der Waals surface area contributed by atoms with Crippen molar-refractivity contribution in [2.75, 3.05) is 19.7 Å². The van der Waals surface area contributed by atoms with Crippen LogP contribution in [0.25, 0.3) is 0 Å². The van der Waals surface area contributed by atoms with Crippen molar-refractivity contribution in [2.45, 2.75) is 39.4 Å². The molecule has 0 spiro atoms.